The highest BCUT2D eigenvalue weighted by molar-refractivity contribution is 5.87. The monoisotopic (exact) mass is 291 g/mol. The first-order valence-corrected chi connectivity index (χ1v) is 7.11. The number of aromatic amines is 1. The van der Waals surface area contributed by atoms with Crippen LogP contribution in [-0.4, -0.2) is 14.5 Å². The van der Waals surface area contributed by atoms with E-state index in [0.29, 0.717) is 0 Å². The van der Waals surface area contributed by atoms with Crippen LogP contribution in [0.15, 0.2) is 67.4 Å². The quantitative estimate of drug-likeness (QED) is 0.602. The van der Waals surface area contributed by atoms with Crippen LogP contribution in [0.4, 0.5) is 4.39 Å². The van der Waals surface area contributed by atoms with Crippen molar-refractivity contribution in [1.29, 1.82) is 0 Å². The summed E-state index contributed by atoms with van der Waals surface area (Å²) < 4.78 is 15.1. The number of imidazole rings is 1. The Morgan fingerprint density at radius 3 is 2.64 bits per heavy atom. The molecule has 0 radical (unpaired) electrons. The highest BCUT2D eigenvalue weighted by atomic mass is 19.1. The van der Waals surface area contributed by atoms with Crippen LogP contribution in [-0.2, 0) is 6.54 Å². The van der Waals surface area contributed by atoms with E-state index in [4.69, 9.17) is 0 Å². The van der Waals surface area contributed by atoms with E-state index >= 15 is 0 Å². The molecule has 0 amide bonds. The number of aromatic nitrogens is 3. The summed E-state index contributed by atoms with van der Waals surface area (Å²) in [7, 11) is 0. The maximum absolute atomic E-state index is 13.0. The van der Waals surface area contributed by atoms with Crippen LogP contribution in [0, 0.1) is 5.82 Å². The van der Waals surface area contributed by atoms with Crippen LogP contribution >= 0.6 is 0 Å². The summed E-state index contributed by atoms with van der Waals surface area (Å²) in [5.41, 5.74) is 4.38. The molecule has 108 valence electrons. The fraction of sp³-hybridized carbons (Fsp3) is 0.0556. The second-order valence-electron chi connectivity index (χ2n) is 5.32. The molecule has 0 atom stereocenters. The number of hydrogen-bond donors (Lipinski definition) is 1. The molecule has 2 heterocycles. The van der Waals surface area contributed by atoms with E-state index in [-0.39, 0.29) is 5.82 Å². The number of hydrogen-bond acceptors (Lipinski definition) is 1. The van der Waals surface area contributed by atoms with Crippen molar-refractivity contribution in [2.45, 2.75) is 6.54 Å². The van der Waals surface area contributed by atoms with Gasteiger partial charge in [-0.1, -0.05) is 24.3 Å². The van der Waals surface area contributed by atoms with Gasteiger partial charge in [0, 0.05) is 29.5 Å². The number of halogens is 1. The molecule has 0 aliphatic rings. The largest absolute Gasteiger partial charge is 0.361 e. The minimum atomic E-state index is -0.215. The Bertz CT molecular complexity index is 905. The Kier molecular flexibility index (Phi) is 3.00. The van der Waals surface area contributed by atoms with Crippen LogP contribution in [0.3, 0.4) is 0 Å². The predicted molar refractivity (Wildman–Crippen MR) is 85.0 cm³/mol. The summed E-state index contributed by atoms with van der Waals surface area (Å²) >= 11 is 0. The van der Waals surface area contributed by atoms with Crippen LogP contribution in [0.2, 0.25) is 0 Å². The Morgan fingerprint density at radius 2 is 1.86 bits per heavy atom. The van der Waals surface area contributed by atoms with Crippen molar-refractivity contribution in [1.82, 2.24) is 14.5 Å². The molecular formula is C18H14FN3. The lowest BCUT2D eigenvalue weighted by Crippen LogP contribution is -1.94. The summed E-state index contributed by atoms with van der Waals surface area (Å²) in [6.07, 6.45) is 7.57. The Balaban J connectivity index is 1.72. The lowest BCUT2D eigenvalue weighted by molar-refractivity contribution is 0.628. The molecule has 0 saturated heterocycles. The molecule has 4 heteroatoms. The first-order valence-electron chi connectivity index (χ1n) is 7.11. The van der Waals surface area contributed by atoms with E-state index in [0.717, 1.165) is 23.2 Å². The molecule has 0 aliphatic carbocycles. The minimum absolute atomic E-state index is 0.215. The zero-order chi connectivity index (χ0) is 14.9. The first kappa shape index (κ1) is 12.8. The molecule has 4 rings (SSSR count). The maximum Gasteiger partial charge on any atom is 0.123 e. The van der Waals surface area contributed by atoms with Gasteiger partial charge in [0.25, 0.3) is 0 Å². The highest BCUT2D eigenvalue weighted by Gasteiger charge is 2.06. The van der Waals surface area contributed by atoms with Crippen LogP contribution < -0.4 is 0 Å². The Morgan fingerprint density at radius 1 is 1.05 bits per heavy atom. The Labute approximate surface area is 127 Å². The van der Waals surface area contributed by atoms with E-state index < -0.39 is 0 Å². The van der Waals surface area contributed by atoms with Crippen LogP contribution in [0.25, 0.3) is 22.0 Å². The molecule has 2 aromatic heterocycles. The van der Waals surface area contributed by atoms with Crippen LogP contribution in [0.5, 0.6) is 0 Å². The molecule has 4 aromatic rings. The van der Waals surface area contributed by atoms with Gasteiger partial charge in [-0.15, -0.1) is 0 Å². The third kappa shape index (κ3) is 2.29. The molecule has 0 saturated carbocycles. The Hall–Kier alpha value is -2.88. The molecule has 2 aromatic carbocycles. The van der Waals surface area contributed by atoms with Gasteiger partial charge in [0.05, 0.1) is 12.9 Å². The van der Waals surface area contributed by atoms with Gasteiger partial charge in [0.1, 0.15) is 5.82 Å². The summed E-state index contributed by atoms with van der Waals surface area (Å²) in [5, 5.41) is 1.19. The molecule has 0 spiro atoms. The van der Waals surface area contributed by atoms with Gasteiger partial charge in [0.15, 0.2) is 0 Å². The van der Waals surface area contributed by atoms with Crippen molar-refractivity contribution >= 4 is 10.9 Å². The zero-order valence-electron chi connectivity index (χ0n) is 11.8. The normalized spacial score (nSPS) is 11.1. The number of nitrogens with one attached hydrogen (secondary N) is 1. The lowest BCUT2D eigenvalue weighted by atomic mass is 10.0. The smallest absolute Gasteiger partial charge is 0.123 e. The number of benzene rings is 2. The topological polar surface area (TPSA) is 33.6 Å². The van der Waals surface area contributed by atoms with Crippen LogP contribution in [0.1, 0.15) is 5.56 Å². The first-order chi connectivity index (χ1) is 10.8. The second kappa shape index (κ2) is 5.15. The molecular weight excluding hydrogens is 277 g/mol. The van der Waals surface area contributed by atoms with Gasteiger partial charge in [-0.2, -0.15) is 0 Å². The molecule has 0 unspecified atom stereocenters. The van der Waals surface area contributed by atoms with Crippen molar-refractivity contribution in [2.75, 3.05) is 0 Å². The third-order valence-electron chi connectivity index (χ3n) is 3.86. The van der Waals surface area contributed by atoms with E-state index in [9.17, 15) is 4.39 Å². The second-order valence-corrected chi connectivity index (χ2v) is 5.32. The van der Waals surface area contributed by atoms with Gasteiger partial charge in [-0.3, -0.25) is 0 Å². The van der Waals surface area contributed by atoms with Gasteiger partial charge in [0.2, 0.25) is 0 Å². The van der Waals surface area contributed by atoms with E-state index in [1.165, 1.54) is 23.1 Å². The highest BCUT2D eigenvalue weighted by Crippen LogP contribution is 2.26. The standard InChI is InChI=1S/C18H14FN3/c19-16-4-1-13(2-5-16)14-3-6-17-15(10-21-18(17)9-14)11-22-8-7-20-12-22/h1-10,12,21H,11H2. The van der Waals surface area contributed by atoms with Gasteiger partial charge in [-0.25, -0.2) is 9.37 Å². The molecule has 22 heavy (non-hydrogen) atoms. The van der Waals surface area contributed by atoms with Crippen molar-refractivity contribution in [3.8, 4) is 11.1 Å². The maximum atomic E-state index is 13.0. The average Bonchev–Trinajstić information content (AvgIpc) is 3.18. The molecule has 3 nitrogen and oxygen atoms in total. The van der Waals surface area contributed by atoms with Crippen molar-refractivity contribution in [3.05, 3.63) is 78.8 Å². The fourth-order valence-electron chi connectivity index (χ4n) is 2.72. The summed E-state index contributed by atoms with van der Waals surface area (Å²) in [6.45, 7) is 0.788. The number of rotatable bonds is 3. The van der Waals surface area contributed by atoms with Gasteiger partial charge >= 0.3 is 0 Å². The number of nitrogens with zero attached hydrogens (tertiary/aromatic N) is 2. The third-order valence-corrected chi connectivity index (χ3v) is 3.86. The minimum Gasteiger partial charge on any atom is -0.361 e. The summed E-state index contributed by atoms with van der Waals surface area (Å²) in [6, 6.07) is 12.8. The SMILES string of the molecule is Fc1ccc(-c2ccc3c(Cn4ccnc4)c[nH]c3c2)cc1. The van der Waals surface area contributed by atoms with Crippen molar-refractivity contribution in [3.63, 3.8) is 0 Å². The van der Waals surface area contributed by atoms with E-state index in [2.05, 4.69) is 28.2 Å². The summed E-state index contributed by atoms with van der Waals surface area (Å²) in [4.78, 5) is 7.38. The molecule has 0 aliphatic heterocycles. The van der Waals surface area contributed by atoms with Crippen molar-refractivity contribution in [2.24, 2.45) is 0 Å². The fourth-order valence-corrected chi connectivity index (χ4v) is 2.72. The summed E-state index contributed by atoms with van der Waals surface area (Å²) in [5.74, 6) is -0.215. The van der Waals surface area contributed by atoms with E-state index in [1.807, 2.05) is 23.3 Å². The molecule has 0 bridgehead atoms. The van der Waals surface area contributed by atoms with Gasteiger partial charge in [-0.05, 0) is 34.9 Å². The van der Waals surface area contributed by atoms with Gasteiger partial charge < -0.3 is 9.55 Å². The predicted octanol–water partition coefficient (Wildman–Crippen LogP) is 4.22. The lowest BCUT2D eigenvalue weighted by Gasteiger charge is -2.04. The average molecular weight is 291 g/mol. The van der Waals surface area contributed by atoms with E-state index in [1.54, 1.807) is 18.3 Å². The zero-order valence-corrected chi connectivity index (χ0v) is 11.8. The molecule has 0 fully saturated rings. The number of H-pyrrole nitrogens is 1. The molecule has 1 N–H and O–H groups in total. The van der Waals surface area contributed by atoms with Crippen molar-refractivity contribution < 1.29 is 4.39 Å². The number of fused-ring (bicyclic) bond motifs is 1.